The Kier molecular flexibility index (Phi) is 5.90. The van der Waals surface area contributed by atoms with E-state index in [1.54, 1.807) is 0 Å². The molecule has 0 amide bonds. The van der Waals surface area contributed by atoms with Crippen molar-refractivity contribution in [3.8, 4) is 0 Å². The van der Waals surface area contributed by atoms with Gasteiger partial charge in [-0.15, -0.1) is 0 Å². The Morgan fingerprint density at radius 1 is 1.10 bits per heavy atom. The molecule has 0 saturated heterocycles. The van der Waals surface area contributed by atoms with E-state index in [4.69, 9.17) is 0 Å². The van der Waals surface area contributed by atoms with Crippen molar-refractivity contribution < 1.29 is 0 Å². The number of hydrogen-bond acceptors (Lipinski definition) is 7. The Morgan fingerprint density at radius 2 is 1.76 bits per heavy atom. The molecule has 21 heavy (non-hydrogen) atoms. The van der Waals surface area contributed by atoms with Crippen LogP contribution in [-0.4, -0.2) is 53.1 Å². The zero-order valence-electron chi connectivity index (χ0n) is 13.4. The van der Waals surface area contributed by atoms with E-state index >= 15 is 0 Å². The predicted molar refractivity (Wildman–Crippen MR) is 91.5 cm³/mol. The number of rotatable bonds is 6. The zero-order chi connectivity index (χ0) is 15.2. The van der Waals surface area contributed by atoms with Crippen molar-refractivity contribution in [3.05, 3.63) is 0 Å². The summed E-state index contributed by atoms with van der Waals surface area (Å²) in [5.74, 6) is 2.00. The van der Waals surface area contributed by atoms with Crippen LogP contribution in [-0.2, 0) is 0 Å². The Hall–Kier alpha value is -1.24. The minimum atomic E-state index is 0.472. The highest BCUT2D eigenvalue weighted by Gasteiger charge is 2.21. The Bertz CT molecular complexity index is 445. The average Bonchev–Trinajstić information content (AvgIpc) is 2.48. The Morgan fingerprint density at radius 3 is 2.33 bits per heavy atom. The average molecular weight is 310 g/mol. The highest BCUT2D eigenvalue weighted by Crippen LogP contribution is 2.28. The Labute approximate surface area is 131 Å². The third-order valence-electron chi connectivity index (χ3n) is 3.70. The number of nitrogens with one attached hydrogen (secondary N) is 2. The van der Waals surface area contributed by atoms with Crippen LogP contribution in [0.2, 0.25) is 0 Å². The van der Waals surface area contributed by atoms with Crippen molar-refractivity contribution in [2.75, 3.05) is 42.4 Å². The van der Waals surface area contributed by atoms with Gasteiger partial charge < -0.3 is 15.5 Å². The van der Waals surface area contributed by atoms with Gasteiger partial charge in [-0.25, -0.2) is 0 Å². The maximum Gasteiger partial charge on any atom is 0.231 e. The summed E-state index contributed by atoms with van der Waals surface area (Å²) in [7, 11) is 3.89. The molecular weight excluding hydrogens is 284 g/mol. The van der Waals surface area contributed by atoms with Gasteiger partial charge in [0.05, 0.1) is 0 Å². The van der Waals surface area contributed by atoms with Crippen LogP contribution in [0.4, 0.5) is 17.8 Å². The summed E-state index contributed by atoms with van der Waals surface area (Å²) in [5.41, 5.74) is 0. The fraction of sp³-hybridized carbons (Fsp3) is 0.786. The Balaban J connectivity index is 2.05. The fourth-order valence-electron chi connectivity index (χ4n) is 2.49. The fourth-order valence-corrected chi connectivity index (χ4v) is 3.24. The topological polar surface area (TPSA) is 66.0 Å². The normalized spacial score (nSPS) is 21.9. The van der Waals surface area contributed by atoms with Crippen molar-refractivity contribution in [3.63, 3.8) is 0 Å². The molecule has 118 valence electrons. The molecule has 0 aliphatic heterocycles. The zero-order valence-corrected chi connectivity index (χ0v) is 14.2. The molecule has 1 aliphatic carbocycles. The first kappa shape index (κ1) is 16.1. The van der Waals surface area contributed by atoms with Gasteiger partial charge in [0.25, 0.3) is 0 Å². The molecule has 1 fully saturated rings. The molecule has 7 heteroatoms. The number of thioether (sulfide) groups is 1. The molecule has 1 heterocycles. The molecule has 0 atom stereocenters. The van der Waals surface area contributed by atoms with Crippen LogP contribution in [0.15, 0.2) is 0 Å². The van der Waals surface area contributed by atoms with E-state index in [-0.39, 0.29) is 0 Å². The molecule has 0 radical (unpaired) electrons. The third-order valence-corrected chi connectivity index (χ3v) is 4.84. The van der Waals surface area contributed by atoms with E-state index in [0.717, 1.165) is 11.8 Å². The smallest absolute Gasteiger partial charge is 0.231 e. The summed E-state index contributed by atoms with van der Waals surface area (Å²) < 4.78 is 0. The summed E-state index contributed by atoms with van der Waals surface area (Å²) in [6, 6.07) is 0.472. The lowest BCUT2D eigenvalue weighted by molar-refractivity contribution is 0.471. The van der Waals surface area contributed by atoms with E-state index in [1.165, 1.54) is 25.7 Å². The first-order valence-electron chi connectivity index (χ1n) is 7.59. The van der Waals surface area contributed by atoms with E-state index in [2.05, 4.69) is 31.8 Å². The van der Waals surface area contributed by atoms with Crippen LogP contribution in [0.1, 0.15) is 32.6 Å². The van der Waals surface area contributed by atoms with Crippen LogP contribution in [0, 0.1) is 0 Å². The molecule has 0 unspecified atom stereocenters. The van der Waals surface area contributed by atoms with Gasteiger partial charge in [-0.1, -0.05) is 0 Å². The van der Waals surface area contributed by atoms with Crippen LogP contribution in [0.3, 0.4) is 0 Å². The summed E-state index contributed by atoms with van der Waals surface area (Å²) in [6.45, 7) is 2.84. The van der Waals surface area contributed by atoms with Gasteiger partial charge >= 0.3 is 0 Å². The van der Waals surface area contributed by atoms with Crippen molar-refractivity contribution in [2.45, 2.75) is 43.9 Å². The predicted octanol–water partition coefficient (Wildman–Crippen LogP) is 2.46. The summed E-state index contributed by atoms with van der Waals surface area (Å²) in [4.78, 5) is 15.2. The minimum Gasteiger partial charge on any atom is -0.354 e. The molecule has 1 aliphatic rings. The molecule has 1 saturated carbocycles. The van der Waals surface area contributed by atoms with E-state index in [0.29, 0.717) is 23.9 Å². The molecule has 0 aromatic carbocycles. The van der Waals surface area contributed by atoms with Crippen LogP contribution in [0.25, 0.3) is 0 Å². The van der Waals surface area contributed by atoms with Crippen molar-refractivity contribution in [1.82, 2.24) is 15.0 Å². The SMILES string of the molecule is CCNc1nc(NC2CCC(SC)CC2)nc(N(C)C)n1. The van der Waals surface area contributed by atoms with Gasteiger partial charge in [0.1, 0.15) is 0 Å². The molecule has 2 rings (SSSR count). The largest absolute Gasteiger partial charge is 0.354 e. The molecule has 1 aromatic rings. The first-order valence-corrected chi connectivity index (χ1v) is 8.87. The second kappa shape index (κ2) is 7.68. The summed E-state index contributed by atoms with van der Waals surface area (Å²) in [6.07, 6.45) is 7.11. The van der Waals surface area contributed by atoms with Gasteiger partial charge in [0.15, 0.2) is 0 Å². The molecule has 2 N–H and O–H groups in total. The summed E-state index contributed by atoms with van der Waals surface area (Å²) >= 11 is 1.98. The number of hydrogen-bond donors (Lipinski definition) is 2. The van der Waals surface area contributed by atoms with E-state index in [1.807, 2.05) is 37.7 Å². The number of aromatic nitrogens is 3. The van der Waals surface area contributed by atoms with E-state index in [9.17, 15) is 0 Å². The molecular formula is C14H26N6S. The number of anilines is 3. The van der Waals surface area contributed by atoms with Gasteiger partial charge in [-0.2, -0.15) is 26.7 Å². The van der Waals surface area contributed by atoms with Crippen LogP contribution < -0.4 is 15.5 Å². The number of nitrogens with zero attached hydrogens (tertiary/aromatic N) is 4. The lowest BCUT2D eigenvalue weighted by atomic mass is 9.95. The monoisotopic (exact) mass is 310 g/mol. The second-order valence-corrected chi connectivity index (χ2v) is 6.70. The van der Waals surface area contributed by atoms with E-state index < -0.39 is 0 Å². The molecule has 0 spiro atoms. The highest BCUT2D eigenvalue weighted by molar-refractivity contribution is 7.99. The maximum atomic E-state index is 4.50. The summed E-state index contributed by atoms with van der Waals surface area (Å²) in [5, 5.41) is 7.46. The molecule has 0 bridgehead atoms. The van der Waals surface area contributed by atoms with Crippen molar-refractivity contribution in [1.29, 1.82) is 0 Å². The lowest BCUT2D eigenvalue weighted by Gasteiger charge is -2.28. The first-order chi connectivity index (χ1) is 10.1. The van der Waals surface area contributed by atoms with Gasteiger partial charge in [0.2, 0.25) is 17.8 Å². The third kappa shape index (κ3) is 4.62. The van der Waals surface area contributed by atoms with Gasteiger partial charge in [-0.05, 0) is 38.9 Å². The van der Waals surface area contributed by atoms with Gasteiger partial charge in [-0.3, -0.25) is 0 Å². The maximum absolute atomic E-state index is 4.50. The van der Waals surface area contributed by atoms with Crippen molar-refractivity contribution in [2.24, 2.45) is 0 Å². The molecule has 6 nitrogen and oxygen atoms in total. The second-order valence-electron chi connectivity index (χ2n) is 5.56. The lowest BCUT2D eigenvalue weighted by Crippen LogP contribution is -2.28. The minimum absolute atomic E-state index is 0.472. The van der Waals surface area contributed by atoms with Crippen LogP contribution in [0.5, 0.6) is 0 Å². The van der Waals surface area contributed by atoms with Gasteiger partial charge in [0, 0.05) is 31.9 Å². The highest BCUT2D eigenvalue weighted by atomic mass is 32.2. The quantitative estimate of drug-likeness (QED) is 0.836. The van der Waals surface area contributed by atoms with Crippen LogP contribution >= 0.6 is 11.8 Å². The standard InChI is InChI=1S/C14H26N6S/c1-5-15-12-17-13(19-14(18-12)20(2)3)16-10-6-8-11(21-4)9-7-10/h10-11H,5-9H2,1-4H3,(H2,15,16,17,18,19). The van der Waals surface area contributed by atoms with Crippen molar-refractivity contribution >= 4 is 29.6 Å². The molecule has 1 aromatic heterocycles.